The first-order valence-electron chi connectivity index (χ1n) is 5.06. The summed E-state index contributed by atoms with van der Waals surface area (Å²) in [4.78, 5) is 21.1. The maximum absolute atomic E-state index is 13.7. The van der Waals surface area contributed by atoms with E-state index in [2.05, 4.69) is 4.74 Å². The monoisotopic (exact) mass is 328 g/mol. The van der Waals surface area contributed by atoms with Gasteiger partial charge in [0.25, 0.3) is 5.69 Å². The summed E-state index contributed by atoms with van der Waals surface area (Å²) < 4.78 is 31.6. The maximum Gasteiger partial charge on any atom is 0.408 e. The normalized spacial score (nSPS) is 20.4. The van der Waals surface area contributed by atoms with Crippen LogP contribution in [0.2, 0.25) is 5.02 Å². The number of alkyl carbamates (subject to hydrolysis) is 1. The molecule has 0 spiro atoms. The highest BCUT2D eigenvalue weighted by atomic mass is 35.5. The molecule has 1 aromatic carbocycles. The second-order valence-electron chi connectivity index (χ2n) is 3.87. The van der Waals surface area contributed by atoms with Crippen molar-refractivity contribution in [1.82, 2.24) is 5.32 Å². The molecule has 0 bridgehead atoms. The highest BCUT2D eigenvalue weighted by Gasteiger charge is 2.49. The van der Waals surface area contributed by atoms with E-state index in [0.717, 1.165) is 12.1 Å². The summed E-state index contributed by atoms with van der Waals surface area (Å²) in [6, 6.07) is 1.40. The molecule has 1 aliphatic heterocycles. The Kier molecular flexibility index (Phi) is 4.72. The van der Waals surface area contributed by atoms with Crippen molar-refractivity contribution in [2.24, 2.45) is 0 Å². The smallest absolute Gasteiger partial charge is 0.408 e. The quantitative estimate of drug-likeness (QED) is 0.668. The lowest BCUT2D eigenvalue weighted by Crippen LogP contribution is -2.49. The Hall–Kier alpha value is -1.67. The van der Waals surface area contributed by atoms with Gasteiger partial charge in [0, 0.05) is 11.1 Å². The molecule has 0 aromatic heterocycles. The van der Waals surface area contributed by atoms with Gasteiger partial charge in [-0.25, -0.2) is 13.6 Å². The molecule has 1 heterocycles. The Labute approximate surface area is 122 Å². The molecule has 0 unspecified atom stereocenters. The highest BCUT2D eigenvalue weighted by molar-refractivity contribution is 6.30. The predicted octanol–water partition coefficient (Wildman–Crippen LogP) is 3.09. The first kappa shape index (κ1) is 16.4. The number of carbonyl (C=O) groups excluding carboxylic acids is 1. The number of ether oxygens (including phenoxy) is 1. The predicted molar refractivity (Wildman–Crippen MR) is 67.5 cm³/mol. The van der Waals surface area contributed by atoms with E-state index < -0.39 is 35.3 Å². The molecule has 1 saturated heterocycles. The molecular weight excluding hydrogens is 321 g/mol. The Balaban J connectivity index is 0.00000200. The topological polar surface area (TPSA) is 81.5 Å². The molecule has 1 aliphatic rings. The van der Waals surface area contributed by atoms with Crippen LogP contribution in [0, 0.1) is 10.1 Å². The van der Waals surface area contributed by atoms with E-state index in [1.807, 2.05) is 5.32 Å². The van der Waals surface area contributed by atoms with Crippen molar-refractivity contribution in [1.29, 1.82) is 0 Å². The number of nitrogens with one attached hydrogen (secondary N) is 1. The van der Waals surface area contributed by atoms with Crippen LogP contribution in [0.5, 0.6) is 0 Å². The first-order valence-corrected chi connectivity index (χ1v) is 5.44. The molecule has 1 fully saturated rings. The van der Waals surface area contributed by atoms with Crippen LogP contribution in [0.3, 0.4) is 0 Å². The zero-order chi connectivity index (χ0) is 14.2. The minimum Gasteiger partial charge on any atom is -0.443 e. The van der Waals surface area contributed by atoms with Crippen molar-refractivity contribution in [3.63, 3.8) is 0 Å². The van der Waals surface area contributed by atoms with Crippen LogP contribution < -0.4 is 5.32 Å². The third-order valence-electron chi connectivity index (χ3n) is 2.58. The Morgan fingerprint density at radius 1 is 1.50 bits per heavy atom. The third-order valence-corrected chi connectivity index (χ3v) is 2.81. The van der Waals surface area contributed by atoms with E-state index in [1.165, 1.54) is 6.07 Å². The summed E-state index contributed by atoms with van der Waals surface area (Å²) >= 11 is 5.66. The van der Waals surface area contributed by atoms with Gasteiger partial charge in [-0.2, -0.15) is 0 Å². The molecule has 1 amide bonds. The van der Waals surface area contributed by atoms with E-state index in [4.69, 9.17) is 11.6 Å². The molecule has 0 radical (unpaired) electrons. The van der Waals surface area contributed by atoms with E-state index >= 15 is 0 Å². The lowest BCUT2D eigenvalue weighted by molar-refractivity contribution is -0.386. The average Bonchev–Trinajstić information content (AvgIpc) is 2.32. The number of halogens is 4. The van der Waals surface area contributed by atoms with Crippen molar-refractivity contribution < 1.29 is 23.2 Å². The maximum atomic E-state index is 13.7. The molecular formula is C10H8Cl2F2N2O4. The summed E-state index contributed by atoms with van der Waals surface area (Å²) in [5.41, 5.74) is -0.907. The van der Waals surface area contributed by atoms with Crippen LogP contribution in [0.15, 0.2) is 18.2 Å². The summed E-state index contributed by atoms with van der Waals surface area (Å²) in [6.07, 6.45) is -1.06. The van der Waals surface area contributed by atoms with Crippen molar-refractivity contribution in [3.05, 3.63) is 38.9 Å². The summed E-state index contributed by atoms with van der Waals surface area (Å²) in [5.74, 6) is -3.47. The number of amides is 1. The number of nitrogens with zero attached hydrogens (tertiary/aromatic N) is 1. The van der Waals surface area contributed by atoms with Crippen LogP contribution >= 0.6 is 24.0 Å². The van der Waals surface area contributed by atoms with Crippen molar-refractivity contribution in [2.75, 3.05) is 6.61 Å². The number of hydrogen-bond donors (Lipinski definition) is 1. The zero-order valence-corrected chi connectivity index (χ0v) is 11.2. The third kappa shape index (κ3) is 3.07. The number of nitro benzene ring substituents is 1. The number of alkyl halides is 2. The largest absolute Gasteiger partial charge is 0.443 e. The second-order valence-corrected chi connectivity index (χ2v) is 4.31. The van der Waals surface area contributed by atoms with Gasteiger partial charge in [-0.1, -0.05) is 11.6 Å². The fraction of sp³-hybridized carbons (Fsp3) is 0.300. The van der Waals surface area contributed by atoms with E-state index in [0.29, 0.717) is 0 Å². The number of rotatable bonds is 2. The molecule has 6 nitrogen and oxygen atoms in total. The Morgan fingerprint density at radius 2 is 2.15 bits per heavy atom. The molecule has 10 heteroatoms. The van der Waals surface area contributed by atoms with Gasteiger partial charge in [0.2, 0.25) is 0 Å². The van der Waals surface area contributed by atoms with E-state index in [1.54, 1.807) is 0 Å². The van der Waals surface area contributed by atoms with Crippen LogP contribution in [-0.2, 0) is 4.74 Å². The fourth-order valence-electron chi connectivity index (χ4n) is 1.74. The Bertz CT molecular complexity index is 556. The van der Waals surface area contributed by atoms with Gasteiger partial charge in [0.05, 0.1) is 10.5 Å². The van der Waals surface area contributed by atoms with Gasteiger partial charge >= 0.3 is 12.0 Å². The first-order chi connectivity index (χ1) is 8.81. The molecule has 0 saturated carbocycles. The molecule has 1 aromatic rings. The SMILES string of the molecule is Cl.O=C1N[C@H](c2cc(Cl)ccc2[N+](=O)[O-])C(F)(F)CO1. The van der Waals surface area contributed by atoms with Gasteiger partial charge in [0.1, 0.15) is 6.04 Å². The van der Waals surface area contributed by atoms with Crippen LogP contribution in [-0.4, -0.2) is 23.5 Å². The minimum absolute atomic E-state index is 0. The van der Waals surface area contributed by atoms with Crippen LogP contribution in [0.25, 0.3) is 0 Å². The number of benzene rings is 1. The second kappa shape index (κ2) is 5.76. The average molecular weight is 329 g/mol. The standard InChI is InChI=1S/C10H7ClF2N2O4.ClH/c11-5-1-2-7(15(17)18)6(3-5)8-10(12,13)4-19-9(16)14-8;/h1-3,8H,4H2,(H,14,16);1H/t8-;/m1./s1. The molecule has 1 N–H and O–H groups in total. The molecule has 0 aliphatic carbocycles. The molecule has 2 rings (SSSR count). The van der Waals surface area contributed by atoms with Gasteiger partial charge in [-0.05, 0) is 12.1 Å². The van der Waals surface area contributed by atoms with Crippen molar-refractivity contribution >= 4 is 35.8 Å². The highest BCUT2D eigenvalue weighted by Crippen LogP contribution is 2.39. The molecule has 1 atom stereocenters. The van der Waals surface area contributed by atoms with E-state index in [9.17, 15) is 23.7 Å². The summed E-state index contributed by atoms with van der Waals surface area (Å²) in [7, 11) is 0. The van der Waals surface area contributed by atoms with Crippen molar-refractivity contribution in [2.45, 2.75) is 12.0 Å². The minimum atomic E-state index is -3.47. The molecule has 20 heavy (non-hydrogen) atoms. The van der Waals surface area contributed by atoms with Gasteiger partial charge in [-0.15, -0.1) is 12.4 Å². The number of hydrogen-bond acceptors (Lipinski definition) is 4. The lowest BCUT2D eigenvalue weighted by atomic mass is 9.98. The fourth-order valence-corrected chi connectivity index (χ4v) is 1.92. The zero-order valence-electron chi connectivity index (χ0n) is 9.64. The summed E-state index contributed by atoms with van der Waals surface area (Å²) in [6.45, 7) is -1.15. The number of carbonyl (C=O) groups is 1. The molecule has 110 valence electrons. The van der Waals surface area contributed by atoms with Gasteiger partial charge in [0.15, 0.2) is 6.61 Å². The summed E-state index contributed by atoms with van der Waals surface area (Å²) in [5, 5.41) is 12.8. The number of cyclic esters (lactones) is 1. The lowest BCUT2D eigenvalue weighted by Gasteiger charge is -2.31. The van der Waals surface area contributed by atoms with Crippen LogP contribution in [0.1, 0.15) is 11.6 Å². The van der Waals surface area contributed by atoms with Gasteiger partial charge in [-0.3, -0.25) is 10.1 Å². The van der Waals surface area contributed by atoms with Gasteiger partial charge < -0.3 is 10.1 Å². The van der Waals surface area contributed by atoms with E-state index in [-0.39, 0.29) is 23.0 Å². The van der Waals surface area contributed by atoms with Crippen LogP contribution in [0.4, 0.5) is 19.3 Å². The van der Waals surface area contributed by atoms with Crippen molar-refractivity contribution in [3.8, 4) is 0 Å². The number of nitro groups is 1. The Morgan fingerprint density at radius 3 is 2.75 bits per heavy atom.